The zero-order chi connectivity index (χ0) is 30.6. The van der Waals surface area contributed by atoms with Crippen molar-refractivity contribution in [2.24, 2.45) is 32.9 Å². The van der Waals surface area contributed by atoms with Crippen molar-refractivity contribution in [3.63, 3.8) is 0 Å². The number of anilines is 2. The minimum Gasteiger partial charge on any atom is -0.450 e. The molecule has 0 radical (unpaired) electrons. The number of carbonyl (C=O) groups excluding carboxylic acids is 1. The molecule has 1 aromatic heterocycles. The summed E-state index contributed by atoms with van der Waals surface area (Å²) in [6, 6.07) is 6.54. The number of amides is 1. The lowest BCUT2D eigenvalue weighted by molar-refractivity contribution is -0.134. The van der Waals surface area contributed by atoms with Crippen LogP contribution in [0, 0.1) is 0 Å². The summed E-state index contributed by atoms with van der Waals surface area (Å²) in [6.45, 7) is 3.66. The van der Waals surface area contributed by atoms with Crippen LogP contribution in [0.5, 0.6) is 11.5 Å². The molecule has 2 aromatic rings. The van der Waals surface area contributed by atoms with Crippen LogP contribution in [0.1, 0.15) is 69.3 Å². The van der Waals surface area contributed by atoms with Gasteiger partial charge in [0.15, 0.2) is 29.2 Å². The summed E-state index contributed by atoms with van der Waals surface area (Å²) in [7, 11) is 0. The van der Waals surface area contributed by atoms with E-state index >= 15 is 0 Å². The molecule has 3 heterocycles. The number of aromatic nitrogens is 2. The fourth-order valence-electron chi connectivity index (χ4n) is 5.73. The summed E-state index contributed by atoms with van der Waals surface area (Å²) in [5.74, 6) is 2.64. The third-order valence-corrected chi connectivity index (χ3v) is 7.88. The normalized spacial score (nSPS) is 16.2. The first-order valence-electron chi connectivity index (χ1n) is 15.1. The number of hydrogen-bond donors (Lipinski definition) is 7. The number of piperidine rings is 1. The lowest BCUT2D eigenvalue weighted by Gasteiger charge is -2.34. The maximum absolute atomic E-state index is 12.4. The highest BCUT2D eigenvalue weighted by Crippen LogP contribution is 2.41. The van der Waals surface area contributed by atoms with Gasteiger partial charge in [0.1, 0.15) is 0 Å². The average molecular weight is 596 g/mol. The van der Waals surface area contributed by atoms with E-state index in [4.69, 9.17) is 27.7 Å². The van der Waals surface area contributed by atoms with E-state index in [1.54, 1.807) is 0 Å². The molecule has 0 spiro atoms. The molecule has 3 aliphatic rings. The van der Waals surface area contributed by atoms with Gasteiger partial charge >= 0.3 is 5.69 Å². The number of hydrogen-bond acceptors (Lipinski definition) is 8. The molecule has 1 aromatic carbocycles. The fraction of sp³-hybridized carbons (Fsp3) is 0.552. The second-order valence-electron chi connectivity index (χ2n) is 11.0. The monoisotopic (exact) mass is 595 g/mol. The van der Waals surface area contributed by atoms with Gasteiger partial charge in [0.25, 0.3) is 0 Å². The predicted molar refractivity (Wildman–Crippen MR) is 169 cm³/mol. The minimum atomic E-state index is -0.386. The van der Waals surface area contributed by atoms with E-state index in [9.17, 15) is 9.59 Å². The lowest BCUT2D eigenvalue weighted by Crippen LogP contribution is -2.42. The van der Waals surface area contributed by atoms with Crippen LogP contribution in [0.4, 0.5) is 11.5 Å². The molecule has 0 bridgehead atoms. The van der Waals surface area contributed by atoms with Crippen LogP contribution in [0.2, 0.25) is 0 Å². The first-order chi connectivity index (χ1) is 20.8. The molecule has 1 aliphatic carbocycles. The average Bonchev–Trinajstić information content (AvgIpc) is 3.00. The van der Waals surface area contributed by atoms with Crippen LogP contribution in [0.15, 0.2) is 39.2 Å². The summed E-state index contributed by atoms with van der Waals surface area (Å²) in [5, 5.41) is 6.60. The van der Waals surface area contributed by atoms with Gasteiger partial charge in [-0.3, -0.25) is 19.8 Å². The van der Waals surface area contributed by atoms with E-state index in [-0.39, 0.29) is 23.5 Å². The number of nitrogens with one attached hydrogen (secondary N) is 3. The van der Waals surface area contributed by atoms with Gasteiger partial charge in [-0.15, -0.1) is 0 Å². The number of aliphatic imine (C=N–C) groups is 2. The standard InChI is InChI=1S/C15H16N4O2.C14H29N7O/c20-15-17-8-13-14(19-15)18-11-7-10(1-2-12(11)21-13)9-3-5-16-6-4-9;15-13(16)19-8-4-10-21(11-5-2-1-3-6-11)12(22)7-9-20-14(17)18/h1-2,7-9,16H,3-6H2,(H2,17,18,19,20);11H,1-10H2,(H4,15,16,19)(H4,17,18,20). The quantitative estimate of drug-likeness (QED) is 0.107. The van der Waals surface area contributed by atoms with Crippen LogP contribution in [0.25, 0.3) is 0 Å². The Hall–Kier alpha value is -4.33. The molecule has 2 fully saturated rings. The number of guanidine groups is 2. The maximum atomic E-state index is 12.4. The molecule has 11 N–H and O–H groups in total. The highest BCUT2D eigenvalue weighted by Gasteiger charge is 2.25. The molecular formula is C29H45N11O3. The van der Waals surface area contributed by atoms with Crippen LogP contribution in [-0.4, -0.2) is 71.5 Å². The van der Waals surface area contributed by atoms with Crippen LogP contribution in [0.3, 0.4) is 0 Å². The van der Waals surface area contributed by atoms with Gasteiger partial charge in [0, 0.05) is 25.6 Å². The summed E-state index contributed by atoms with van der Waals surface area (Å²) in [6.07, 6.45) is 10.6. The van der Waals surface area contributed by atoms with Crippen molar-refractivity contribution in [2.45, 2.75) is 69.7 Å². The van der Waals surface area contributed by atoms with Crippen molar-refractivity contribution in [3.8, 4) is 11.5 Å². The van der Waals surface area contributed by atoms with Crippen LogP contribution < -0.4 is 44.0 Å². The Labute approximate surface area is 251 Å². The highest BCUT2D eigenvalue weighted by molar-refractivity contribution is 5.79. The molecular weight excluding hydrogens is 550 g/mol. The van der Waals surface area contributed by atoms with Crippen molar-refractivity contribution in [2.75, 3.05) is 38.0 Å². The van der Waals surface area contributed by atoms with E-state index in [1.165, 1.54) is 31.0 Å². The first kappa shape index (κ1) is 31.6. The Morgan fingerprint density at radius 1 is 0.977 bits per heavy atom. The molecule has 1 saturated heterocycles. The minimum absolute atomic E-state index is 0.0183. The van der Waals surface area contributed by atoms with Crippen molar-refractivity contribution in [1.82, 2.24) is 20.2 Å². The second kappa shape index (κ2) is 15.8. The molecule has 1 saturated carbocycles. The number of ether oxygens (including phenoxy) is 1. The molecule has 2 aliphatic heterocycles. The van der Waals surface area contributed by atoms with E-state index in [0.717, 1.165) is 56.6 Å². The molecule has 43 heavy (non-hydrogen) atoms. The van der Waals surface area contributed by atoms with Crippen LogP contribution in [-0.2, 0) is 4.79 Å². The van der Waals surface area contributed by atoms with Gasteiger partial charge in [-0.1, -0.05) is 25.3 Å². The van der Waals surface area contributed by atoms with Gasteiger partial charge in [-0.25, -0.2) is 4.79 Å². The van der Waals surface area contributed by atoms with Gasteiger partial charge < -0.3 is 43.2 Å². The Kier molecular flexibility index (Phi) is 11.6. The van der Waals surface area contributed by atoms with Crippen molar-refractivity contribution in [1.29, 1.82) is 0 Å². The van der Waals surface area contributed by atoms with Gasteiger partial charge in [-0.05, 0) is 68.8 Å². The SMILES string of the molecule is NC(N)=NCCCN(C(=O)CCN=C(N)N)C1CCCCC1.O=c1ncc2c([nH]1)Nc1cc(C3CCNCC3)ccc1O2. The number of nitrogens with two attached hydrogens (primary N) is 4. The molecule has 1 amide bonds. The highest BCUT2D eigenvalue weighted by atomic mass is 16.5. The van der Waals surface area contributed by atoms with Gasteiger partial charge in [0.2, 0.25) is 5.91 Å². The lowest BCUT2D eigenvalue weighted by atomic mass is 9.90. The van der Waals surface area contributed by atoms with Crippen LogP contribution >= 0.6 is 0 Å². The van der Waals surface area contributed by atoms with Crippen molar-refractivity contribution < 1.29 is 9.53 Å². The molecule has 14 heteroatoms. The van der Waals surface area contributed by atoms with Gasteiger partial charge in [0.05, 0.1) is 18.4 Å². The third kappa shape index (κ3) is 9.60. The Morgan fingerprint density at radius 2 is 1.70 bits per heavy atom. The maximum Gasteiger partial charge on any atom is 0.346 e. The number of carbonyl (C=O) groups is 1. The van der Waals surface area contributed by atoms with E-state index < -0.39 is 0 Å². The largest absolute Gasteiger partial charge is 0.450 e. The molecule has 234 valence electrons. The smallest absolute Gasteiger partial charge is 0.346 e. The number of H-pyrrole nitrogens is 1. The summed E-state index contributed by atoms with van der Waals surface area (Å²) in [5.41, 5.74) is 23.0. The van der Waals surface area contributed by atoms with E-state index in [2.05, 4.69) is 42.7 Å². The molecule has 0 unspecified atom stereocenters. The van der Waals surface area contributed by atoms with Crippen molar-refractivity contribution in [3.05, 3.63) is 40.4 Å². The molecule has 14 nitrogen and oxygen atoms in total. The Morgan fingerprint density at radius 3 is 2.42 bits per heavy atom. The second-order valence-corrected chi connectivity index (χ2v) is 11.0. The third-order valence-electron chi connectivity index (χ3n) is 7.88. The first-order valence-corrected chi connectivity index (χ1v) is 15.1. The predicted octanol–water partition coefficient (Wildman–Crippen LogP) is 1.56. The summed E-state index contributed by atoms with van der Waals surface area (Å²) < 4.78 is 5.77. The number of benzene rings is 1. The Bertz CT molecular complexity index is 1320. The van der Waals surface area contributed by atoms with Crippen molar-refractivity contribution >= 4 is 29.3 Å². The number of rotatable bonds is 9. The number of nitrogens with zero attached hydrogens (tertiary/aromatic N) is 4. The van der Waals surface area contributed by atoms with Gasteiger partial charge in [-0.2, -0.15) is 4.98 Å². The Balaban J connectivity index is 0.000000197. The molecule has 5 rings (SSSR count). The van der Waals surface area contributed by atoms with E-state index in [1.807, 2.05) is 11.0 Å². The number of aromatic amines is 1. The summed E-state index contributed by atoms with van der Waals surface area (Å²) in [4.78, 5) is 39.9. The van der Waals surface area contributed by atoms with E-state index in [0.29, 0.717) is 49.6 Å². The zero-order valence-corrected chi connectivity index (χ0v) is 24.7. The topological polar surface area (TPSA) is 228 Å². The number of fused-ring (bicyclic) bond motifs is 2. The summed E-state index contributed by atoms with van der Waals surface area (Å²) >= 11 is 0. The molecule has 0 atom stereocenters. The zero-order valence-electron chi connectivity index (χ0n) is 24.7. The fourth-order valence-corrected chi connectivity index (χ4v) is 5.73.